The number of nitrogens with zero attached hydrogens (tertiary/aromatic N) is 3. The van der Waals surface area contributed by atoms with Crippen LogP contribution >= 0.6 is 23.8 Å². The van der Waals surface area contributed by atoms with E-state index in [-0.39, 0.29) is 0 Å². The number of methoxy groups -OCH3 is 1. The predicted molar refractivity (Wildman–Crippen MR) is 113 cm³/mol. The second kappa shape index (κ2) is 9.52. The quantitative estimate of drug-likeness (QED) is 0.413. The van der Waals surface area contributed by atoms with E-state index in [4.69, 9.17) is 33.3 Å². The van der Waals surface area contributed by atoms with E-state index in [0.717, 1.165) is 29.8 Å². The molecule has 146 valence electrons. The molecule has 1 aromatic heterocycles. The van der Waals surface area contributed by atoms with Crippen LogP contribution in [0.4, 0.5) is 0 Å². The molecule has 1 N–H and O–H groups in total. The van der Waals surface area contributed by atoms with Gasteiger partial charge < -0.3 is 9.47 Å². The summed E-state index contributed by atoms with van der Waals surface area (Å²) in [6.07, 6.45) is 3.47. The minimum Gasteiger partial charge on any atom is -0.493 e. The summed E-state index contributed by atoms with van der Waals surface area (Å²) in [6, 6.07) is 13.2. The van der Waals surface area contributed by atoms with Crippen molar-refractivity contribution in [3.63, 3.8) is 0 Å². The number of halogens is 1. The number of ether oxygens (including phenoxy) is 2. The van der Waals surface area contributed by atoms with Crippen LogP contribution in [0.2, 0.25) is 5.02 Å². The highest BCUT2D eigenvalue weighted by Crippen LogP contribution is 2.28. The van der Waals surface area contributed by atoms with E-state index >= 15 is 0 Å². The molecule has 0 atom stereocenters. The topological polar surface area (TPSA) is 64.4 Å². The lowest BCUT2D eigenvalue weighted by atomic mass is 10.2. The normalized spacial score (nSPS) is 11.1. The van der Waals surface area contributed by atoms with Crippen LogP contribution < -0.4 is 9.47 Å². The van der Waals surface area contributed by atoms with Crippen LogP contribution in [0.3, 0.4) is 0 Å². The van der Waals surface area contributed by atoms with Crippen molar-refractivity contribution in [2.24, 2.45) is 5.10 Å². The van der Waals surface area contributed by atoms with E-state index in [9.17, 15) is 0 Å². The first-order chi connectivity index (χ1) is 13.6. The van der Waals surface area contributed by atoms with Gasteiger partial charge in [-0.2, -0.15) is 14.9 Å². The average molecular weight is 417 g/mol. The van der Waals surface area contributed by atoms with Gasteiger partial charge in [0.2, 0.25) is 4.77 Å². The zero-order chi connectivity index (χ0) is 19.9. The summed E-state index contributed by atoms with van der Waals surface area (Å²) in [4.78, 5) is 0. The Morgan fingerprint density at radius 1 is 1.21 bits per heavy atom. The first-order valence-corrected chi connectivity index (χ1v) is 9.65. The Morgan fingerprint density at radius 2 is 2.00 bits per heavy atom. The maximum absolute atomic E-state index is 5.94. The average Bonchev–Trinajstić information content (AvgIpc) is 3.05. The molecule has 1 heterocycles. The van der Waals surface area contributed by atoms with E-state index in [1.807, 2.05) is 42.5 Å². The summed E-state index contributed by atoms with van der Waals surface area (Å²) in [7, 11) is 1.61. The third-order valence-electron chi connectivity index (χ3n) is 4.01. The Kier molecular flexibility index (Phi) is 6.84. The molecule has 0 spiro atoms. The molecule has 0 saturated carbocycles. The third kappa shape index (κ3) is 4.99. The highest BCUT2D eigenvalue weighted by atomic mass is 35.5. The second-order valence-corrected chi connectivity index (χ2v) is 6.90. The number of benzene rings is 2. The zero-order valence-corrected chi connectivity index (χ0v) is 17.3. The molecule has 8 heteroatoms. The molecule has 28 heavy (non-hydrogen) atoms. The third-order valence-corrected chi connectivity index (χ3v) is 4.52. The van der Waals surface area contributed by atoms with E-state index in [1.54, 1.807) is 18.0 Å². The molecule has 0 radical (unpaired) electrons. The number of nitrogens with one attached hydrogen (secondary N) is 1. The SMILES string of the molecule is CCCc1n[nH]c(=S)n1/N=C/c1ccc(OC)c(OCc2ccc(Cl)cc2)c1. The van der Waals surface area contributed by atoms with Gasteiger partial charge in [0.1, 0.15) is 6.61 Å². The van der Waals surface area contributed by atoms with Crippen molar-refractivity contribution < 1.29 is 9.47 Å². The minimum absolute atomic E-state index is 0.404. The fourth-order valence-corrected chi connectivity index (χ4v) is 2.91. The lowest BCUT2D eigenvalue weighted by Gasteiger charge is -2.11. The minimum atomic E-state index is 0.404. The first kappa shape index (κ1) is 20.1. The van der Waals surface area contributed by atoms with Gasteiger partial charge in [-0.05, 0) is 60.1 Å². The van der Waals surface area contributed by atoms with Crippen molar-refractivity contribution in [2.75, 3.05) is 7.11 Å². The molecule has 0 aliphatic rings. The van der Waals surface area contributed by atoms with Crippen LogP contribution in [0.1, 0.15) is 30.3 Å². The highest BCUT2D eigenvalue weighted by Gasteiger charge is 2.07. The number of hydrogen-bond donors (Lipinski definition) is 1. The Hall–Kier alpha value is -2.64. The van der Waals surface area contributed by atoms with Crippen molar-refractivity contribution in [2.45, 2.75) is 26.4 Å². The summed E-state index contributed by atoms with van der Waals surface area (Å²) in [5, 5.41) is 12.1. The van der Waals surface area contributed by atoms with Crippen molar-refractivity contribution in [3.8, 4) is 11.5 Å². The second-order valence-electron chi connectivity index (χ2n) is 6.08. The fraction of sp³-hybridized carbons (Fsp3) is 0.250. The number of rotatable bonds is 8. The van der Waals surface area contributed by atoms with Gasteiger partial charge in [-0.1, -0.05) is 30.7 Å². The van der Waals surface area contributed by atoms with E-state index < -0.39 is 0 Å². The van der Waals surface area contributed by atoms with Crippen molar-refractivity contribution in [1.82, 2.24) is 14.9 Å². The van der Waals surface area contributed by atoms with Crippen LogP contribution in [-0.4, -0.2) is 28.2 Å². The number of hydrogen-bond acceptors (Lipinski definition) is 5. The maximum atomic E-state index is 5.94. The van der Waals surface area contributed by atoms with Gasteiger partial charge >= 0.3 is 0 Å². The molecule has 0 bridgehead atoms. The number of aromatic nitrogens is 3. The summed E-state index contributed by atoms with van der Waals surface area (Å²) < 4.78 is 13.4. The lowest BCUT2D eigenvalue weighted by Crippen LogP contribution is -2.00. The van der Waals surface area contributed by atoms with Crippen LogP contribution in [0.5, 0.6) is 11.5 Å². The molecule has 0 saturated heterocycles. The molecule has 0 aliphatic carbocycles. The summed E-state index contributed by atoms with van der Waals surface area (Å²) in [5.74, 6) is 2.08. The number of aromatic amines is 1. The van der Waals surface area contributed by atoms with Gasteiger partial charge in [-0.15, -0.1) is 0 Å². The van der Waals surface area contributed by atoms with Crippen LogP contribution in [0, 0.1) is 4.77 Å². The molecule has 6 nitrogen and oxygen atoms in total. The van der Waals surface area contributed by atoms with E-state index in [0.29, 0.717) is 27.9 Å². The van der Waals surface area contributed by atoms with Crippen molar-refractivity contribution in [1.29, 1.82) is 0 Å². The number of H-pyrrole nitrogens is 1. The zero-order valence-electron chi connectivity index (χ0n) is 15.7. The van der Waals surface area contributed by atoms with Crippen LogP contribution in [0.25, 0.3) is 0 Å². The van der Waals surface area contributed by atoms with Crippen molar-refractivity contribution >= 4 is 30.0 Å². The lowest BCUT2D eigenvalue weighted by molar-refractivity contribution is 0.284. The summed E-state index contributed by atoms with van der Waals surface area (Å²) >= 11 is 11.2. The summed E-state index contributed by atoms with van der Waals surface area (Å²) in [5.41, 5.74) is 1.87. The van der Waals surface area contributed by atoms with Crippen molar-refractivity contribution in [3.05, 3.63) is 69.2 Å². The van der Waals surface area contributed by atoms with Gasteiger partial charge in [0, 0.05) is 11.4 Å². The smallest absolute Gasteiger partial charge is 0.216 e. The molecule has 0 amide bonds. The Balaban J connectivity index is 1.79. The fourth-order valence-electron chi connectivity index (χ4n) is 2.58. The maximum Gasteiger partial charge on any atom is 0.216 e. The molecular weight excluding hydrogens is 396 g/mol. The highest BCUT2D eigenvalue weighted by molar-refractivity contribution is 7.71. The predicted octanol–water partition coefficient (Wildman–Crippen LogP) is 5.02. The molecule has 0 aliphatic heterocycles. The van der Waals surface area contributed by atoms with Gasteiger partial charge in [-0.3, -0.25) is 5.10 Å². The first-order valence-electron chi connectivity index (χ1n) is 8.86. The van der Waals surface area contributed by atoms with Gasteiger partial charge in [0.15, 0.2) is 17.3 Å². The van der Waals surface area contributed by atoms with Gasteiger partial charge in [0.05, 0.1) is 13.3 Å². The van der Waals surface area contributed by atoms with E-state index in [2.05, 4.69) is 22.2 Å². The largest absolute Gasteiger partial charge is 0.493 e. The molecule has 3 rings (SSSR count). The standard InChI is InChI=1S/C20H21ClN4O2S/c1-3-4-19-23-24-20(28)25(19)22-12-15-7-10-17(26-2)18(11-15)27-13-14-5-8-16(21)9-6-14/h5-12H,3-4,13H2,1-2H3,(H,24,28)/b22-12+. The van der Waals surface area contributed by atoms with Crippen LogP contribution in [0.15, 0.2) is 47.6 Å². The Labute approximate surface area is 173 Å². The molecule has 3 aromatic rings. The van der Waals surface area contributed by atoms with Gasteiger partial charge in [-0.25, -0.2) is 0 Å². The summed E-state index contributed by atoms with van der Waals surface area (Å²) in [6.45, 7) is 2.49. The van der Waals surface area contributed by atoms with Gasteiger partial charge in [0.25, 0.3) is 0 Å². The van der Waals surface area contributed by atoms with Crippen LogP contribution in [-0.2, 0) is 13.0 Å². The number of aryl methyl sites for hydroxylation is 1. The monoisotopic (exact) mass is 416 g/mol. The Bertz CT molecular complexity index is 1010. The molecule has 0 unspecified atom stereocenters. The molecular formula is C20H21ClN4O2S. The molecule has 2 aromatic carbocycles. The Morgan fingerprint density at radius 3 is 2.71 bits per heavy atom. The van der Waals surface area contributed by atoms with E-state index in [1.165, 1.54) is 0 Å². The molecule has 0 fully saturated rings.